The summed E-state index contributed by atoms with van der Waals surface area (Å²) in [4.78, 5) is 22.2. The average Bonchev–Trinajstić information content (AvgIpc) is 2.84. The molecule has 0 saturated heterocycles. The molecule has 11 heteroatoms. The summed E-state index contributed by atoms with van der Waals surface area (Å²) in [5.74, 6) is -1.05. The van der Waals surface area contributed by atoms with Gasteiger partial charge in [-0.2, -0.15) is 0 Å². The summed E-state index contributed by atoms with van der Waals surface area (Å²) in [6, 6.07) is 19.7. The SMILES string of the molecule is Nc1cc(Oc2ccc(S(=O)(=O)c3ccc(Oc4ccc(C(=O)O)c(N)c4)cc3)cc2)ccc1C(=O)O. The quantitative estimate of drug-likeness (QED) is 0.239. The number of nitrogen functional groups attached to an aromatic ring is 2. The van der Waals surface area contributed by atoms with Gasteiger partial charge in [-0.15, -0.1) is 0 Å². The Labute approximate surface area is 211 Å². The third-order valence-electron chi connectivity index (χ3n) is 5.25. The zero-order chi connectivity index (χ0) is 26.7. The van der Waals surface area contributed by atoms with Gasteiger partial charge >= 0.3 is 11.9 Å². The highest BCUT2D eigenvalue weighted by atomic mass is 32.2. The van der Waals surface area contributed by atoms with Gasteiger partial charge < -0.3 is 31.2 Å². The number of aromatic carboxylic acids is 2. The van der Waals surface area contributed by atoms with E-state index in [2.05, 4.69) is 0 Å². The number of nitrogens with two attached hydrogens (primary N) is 2. The van der Waals surface area contributed by atoms with Crippen LogP contribution in [-0.2, 0) is 9.84 Å². The molecule has 0 aliphatic heterocycles. The van der Waals surface area contributed by atoms with E-state index >= 15 is 0 Å². The normalized spacial score (nSPS) is 11.0. The third kappa shape index (κ3) is 5.46. The first-order valence-electron chi connectivity index (χ1n) is 10.6. The van der Waals surface area contributed by atoms with Gasteiger partial charge in [0, 0.05) is 23.5 Å². The summed E-state index contributed by atoms with van der Waals surface area (Å²) in [5, 5.41) is 18.1. The Morgan fingerprint density at radius 1 is 0.568 bits per heavy atom. The number of benzene rings is 4. The molecule has 4 aromatic carbocycles. The highest BCUT2D eigenvalue weighted by Crippen LogP contribution is 2.30. The minimum atomic E-state index is -3.84. The Hall–Kier alpha value is -5.03. The standard InChI is InChI=1S/C26H20N2O8S/c27-23-13-17(5-11-21(23)25(29)30)35-15-1-7-19(8-2-15)37(33,34)20-9-3-16(4-10-20)36-18-6-12-22(26(31)32)24(28)14-18/h1-14H,27-28H2,(H,29,30)(H,31,32). The van der Waals surface area contributed by atoms with Crippen LogP contribution in [0.3, 0.4) is 0 Å². The van der Waals surface area contributed by atoms with E-state index < -0.39 is 21.8 Å². The molecule has 0 aromatic heterocycles. The maximum atomic E-state index is 13.0. The molecule has 0 atom stereocenters. The van der Waals surface area contributed by atoms with E-state index in [0.29, 0.717) is 23.0 Å². The largest absolute Gasteiger partial charge is 0.478 e. The van der Waals surface area contributed by atoms with Crippen LogP contribution in [0.25, 0.3) is 0 Å². The number of ether oxygens (including phenoxy) is 2. The highest BCUT2D eigenvalue weighted by molar-refractivity contribution is 7.91. The number of hydrogen-bond donors (Lipinski definition) is 4. The second-order valence-corrected chi connectivity index (χ2v) is 9.71. The van der Waals surface area contributed by atoms with Crippen molar-refractivity contribution in [1.82, 2.24) is 0 Å². The van der Waals surface area contributed by atoms with Crippen molar-refractivity contribution in [3.8, 4) is 23.0 Å². The van der Waals surface area contributed by atoms with E-state index in [0.717, 1.165) is 0 Å². The topological polar surface area (TPSA) is 179 Å². The maximum absolute atomic E-state index is 13.0. The Balaban J connectivity index is 1.47. The molecule has 0 bridgehead atoms. The number of anilines is 2. The van der Waals surface area contributed by atoms with E-state index in [9.17, 15) is 18.0 Å². The van der Waals surface area contributed by atoms with E-state index in [1.165, 1.54) is 84.9 Å². The molecule has 4 aromatic rings. The number of carbonyl (C=O) groups is 2. The van der Waals surface area contributed by atoms with Gasteiger partial charge in [0.2, 0.25) is 9.84 Å². The van der Waals surface area contributed by atoms with Crippen molar-refractivity contribution in [2.75, 3.05) is 11.5 Å². The fraction of sp³-hybridized carbons (Fsp3) is 0. The number of carboxylic acids is 2. The van der Waals surface area contributed by atoms with Gasteiger partial charge in [0.25, 0.3) is 0 Å². The predicted octanol–water partition coefficient (Wildman–Crippen LogP) is 4.66. The van der Waals surface area contributed by atoms with Crippen LogP contribution < -0.4 is 20.9 Å². The smallest absolute Gasteiger partial charge is 0.337 e. The first-order chi connectivity index (χ1) is 17.5. The zero-order valence-corrected chi connectivity index (χ0v) is 19.8. The second-order valence-electron chi connectivity index (χ2n) is 7.76. The van der Waals surface area contributed by atoms with E-state index in [4.69, 9.17) is 31.2 Å². The molecule has 0 aliphatic carbocycles. The molecule has 0 spiro atoms. The Kier molecular flexibility index (Phi) is 6.72. The van der Waals surface area contributed by atoms with Gasteiger partial charge in [-0.1, -0.05) is 0 Å². The summed E-state index contributed by atoms with van der Waals surface area (Å²) in [6.45, 7) is 0. The van der Waals surface area contributed by atoms with E-state index in [1.807, 2.05) is 0 Å². The van der Waals surface area contributed by atoms with E-state index in [-0.39, 0.29) is 32.3 Å². The molecular weight excluding hydrogens is 500 g/mol. The summed E-state index contributed by atoms with van der Waals surface area (Å²) in [7, 11) is -3.84. The van der Waals surface area contributed by atoms with Crippen molar-refractivity contribution in [1.29, 1.82) is 0 Å². The van der Waals surface area contributed by atoms with Crippen molar-refractivity contribution in [3.63, 3.8) is 0 Å². The lowest BCUT2D eigenvalue weighted by Crippen LogP contribution is -2.03. The molecule has 0 fully saturated rings. The monoisotopic (exact) mass is 520 g/mol. The molecule has 0 radical (unpaired) electrons. The highest BCUT2D eigenvalue weighted by Gasteiger charge is 2.18. The molecule has 10 nitrogen and oxygen atoms in total. The second kappa shape index (κ2) is 9.91. The molecule has 0 amide bonds. The van der Waals surface area contributed by atoms with Gasteiger partial charge in [-0.05, 0) is 72.8 Å². The van der Waals surface area contributed by atoms with Crippen LogP contribution in [0, 0.1) is 0 Å². The molecule has 37 heavy (non-hydrogen) atoms. The molecule has 188 valence electrons. The third-order valence-corrected chi connectivity index (χ3v) is 7.03. The minimum Gasteiger partial charge on any atom is -0.478 e. The molecule has 0 unspecified atom stereocenters. The first kappa shape index (κ1) is 25.1. The van der Waals surface area contributed by atoms with Gasteiger partial charge in [-0.3, -0.25) is 0 Å². The molecular formula is C26H20N2O8S. The first-order valence-corrected chi connectivity index (χ1v) is 12.1. The van der Waals surface area contributed by atoms with Crippen LogP contribution >= 0.6 is 0 Å². The molecule has 0 heterocycles. The van der Waals surface area contributed by atoms with Crippen molar-refractivity contribution in [2.24, 2.45) is 0 Å². The fourth-order valence-corrected chi connectivity index (χ4v) is 4.64. The van der Waals surface area contributed by atoms with Crippen LogP contribution in [0.15, 0.2) is 94.7 Å². The lowest BCUT2D eigenvalue weighted by molar-refractivity contribution is 0.0687. The number of rotatable bonds is 8. The summed E-state index contributed by atoms with van der Waals surface area (Å²) in [5.41, 5.74) is 11.4. The van der Waals surface area contributed by atoms with Crippen LogP contribution in [0.1, 0.15) is 20.7 Å². The predicted molar refractivity (Wildman–Crippen MR) is 134 cm³/mol. The Morgan fingerprint density at radius 2 is 0.892 bits per heavy atom. The van der Waals surface area contributed by atoms with Crippen LogP contribution in [0.2, 0.25) is 0 Å². The molecule has 0 aliphatic rings. The van der Waals surface area contributed by atoms with Crippen LogP contribution in [0.4, 0.5) is 11.4 Å². The molecule has 6 N–H and O–H groups in total. The van der Waals surface area contributed by atoms with Gasteiger partial charge in [0.05, 0.1) is 20.9 Å². The summed E-state index contributed by atoms with van der Waals surface area (Å²) < 4.78 is 37.4. The minimum absolute atomic E-state index is 0.0336. The van der Waals surface area contributed by atoms with Crippen LogP contribution in [-0.4, -0.2) is 30.6 Å². The Bertz CT molecular complexity index is 1480. The van der Waals surface area contributed by atoms with Gasteiger partial charge in [0.15, 0.2) is 0 Å². The summed E-state index contributed by atoms with van der Waals surface area (Å²) in [6.07, 6.45) is 0. The van der Waals surface area contributed by atoms with Gasteiger partial charge in [-0.25, -0.2) is 18.0 Å². The number of carboxylic acid groups (broad SMARTS) is 2. The number of sulfone groups is 1. The van der Waals surface area contributed by atoms with Crippen molar-refractivity contribution >= 4 is 33.2 Å². The van der Waals surface area contributed by atoms with Crippen molar-refractivity contribution in [2.45, 2.75) is 9.79 Å². The Morgan fingerprint density at radius 3 is 1.19 bits per heavy atom. The molecule has 4 rings (SSSR count). The average molecular weight is 521 g/mol. The zero-order valence-electron chi connectivity index (χ0n) is 19.0. The van der Waals surface area contributed by atoms with Crippen molar-refractivity contribution < 1.29 is 37.7 Å². The molecule has 0 saturated carbocycles. The fourth-order valence-electron chi connectivity index (χ4n) is 3.38. The van der Waals surface area contributed by atoms with Crippen molar-refractivity contribution in [3.05, 3.63) is 96.1 Å². The maximum Gasteiger partial charge on any atom is 0.337 e. The lowest BCUT2D eigenvalue weighted by Gasteiger charge is -2.10. The number of hydrogen-bond acceptors (Lipinski definition) is 8. The lowest BCUT2D eigenvalue weighted by atomic mass is 10.2. The van der Waals surface area contributed by atoms with Gasteiger partial charge in [0.1, 0.15) is 23.0 Å². The van der Waals surface area contributed by atoms with E-state index in [1.54, 1.807) is 0 Å². The summed E-state index contributed by atoms with van der Waals surface area (Å²) >= 11 is 0. The van der Waals surface area contributed by atoms with Crippen LogP contribution in [0.5, 0.6) is 23.0 Å².